The first kappa shape index (κ1) is 15.8. The molecule has 0 unspecified atom stereocenters. The number of aryl methyl sites for hydroxylation is 1. The summed E-state index contributed by atoms with van der Waals surface area (Å²) >= 11 is 0.959. The Morgan fingerprint density at radius 1 is 1.08 bits per heavy atom. The second-order valence-electron chi connectivity index (χ2n) is 5.87. The summed E-state index contributed by atoms with van der Waals surface area (Å²) in [5.41, 5.74) is 2.86. The van der Waals surface area contributed by atoms with Crippen molar-refractivity contribution in [2.75, 3.05) is 6.79 Å². The molecule has 2 aromatic carbocycles. The Bertz CT molecular complexity index is 889. The van der Waals surface area contributed by atoms with E-state index in [9.17, 15) is 9.59 Å². The molecule has 0 bridgehead atoms. The van der Waals surface area contributed by atoms with Gasteiger partial charge in [0.05, 0.1) is 11.4 Å². The van der Waals surface area contributed by atoms with E-state index in [1.54, 1.807) is 18.2 Å². The molecule has 2 heterocycles. The zero-order chi connectivity index (χ0) is 17.4. The van der Waals surface area contributed by atoms with Gasteiger partial charge in [0.2, 0.25) is 6.79 Å². The van der Waals surface area contributed by atoms with Crippen LogP contribution in [0.25, 0.3) is 6.08 Å². The van der Waals surface area contributed by atoms with Gasteiger partial charge in [-0.05, 0) is 48.0 Å². The molecule has 126 valence electrons. The van der Waals surface area contributed by atoms with Crippen LogP contribution in [-0.2, 0) is 11.3 Å². The highest BCUT2D eigenvalue weighted by Gasteiger charge is 2.35. The van der Waals surface area contributed by atoms with E-state index in [-0.39, 0.29) is 24.5 Å². The van der Waals surface area contributed by atoms with Gasteiger partial charge < -0.3 is 9.47 Å². The maximum absolute atomic E-state index is 12.6. The number of hydrogen-bond donors (Lipinski definition) is 0. The Labute approximate surface area is 149 Å². The van der Waals surface area contributed by atoms with Crippen molar-refractivity contribution >= 4 is 29.0 Å². The molecule has 0 aliphatic carbocycles. The van der Waals surface area contributed by atoms with Gasteiger partial charge in [0, 0.05) is 0 Å². The number of thioether (sulfide) groups is 1. The van der Waals surface area contributed by atoms with Crippen molar-refractivity contribution in [1.29, 1.82) is 0 Å². The molecule has 0 N–H and O–H groups in total. The topological polar surface area (TPSA) is 55.8 Å². The molecule has 0 aromatic heterocycles. The highest BCUT2D eigenvalue weighted by atomic mass is 32.2. The summed E-state index contributed by atoms with van der Waals surface area (Å²) in [4.78, 5) is 26.5. The third-order valence-corrected chi connectivity index (χ3v) is 4.94. The van der Waals surface area contributed by atoms with Gasteiger partial charge in [0.15, 0.2) is 11.5 Å². The van der Waals surface area contributed by atoms with Crippen molar-refractivity contribution in [1.82, 2.24) is 4.90 Å². The molecule has 1 saturated heterocycles. The Balaban J connectivity index is 1.55. The van der Waals surface area contributed by atoms with Gasteiger partial charge in [-0.15, -0.1) is 0 Å². The number of amides is 2. The van der Waals surface area contributed by atoms with Gasteiger partial charge in [-0.2, -0.15) is 0 Å². The van der Waals surface area contributed by atoms with Crippen LogP contribution in [0.2, 0.25) is 0 Å². The maximum Gasteiger partial charge on any atom is 0.293 e. The molecular formula is C19H15NO4S. The van der Waals surface area contributed by atoms with Crippen molar-refractivity contribution in [3.8, 4) is 11.5 Å². The Morgan fingerprint density at radius 3 is 2.64 bits per heavy atom. The SMILES string of the molecule is Cc1ccc(CN2C(=O)S/C(=C/c3ccc4c(c3)OCO4)C2=O)cc1. The average molecular weight is 353 g/mol. The number of ether oxygens (including phenoxy) is 2. The van der Waals surface area contributed by atoms with Crippen LogP contribution in [0.15, 0.2) is 47.4 Å². The lowest BCUT2D eigenvalue weighted by molar-refractivity contribution is -0.123. The molecule has 5 nitrogen and oxygen atoms in total. The van der Waals surface area contributed by atoms with Gasteiger partial charge in [-0.3, -0.25) is 14.5 Å². The number of benzene rings is 2. The summed E-state index contributed by atoms with van der Waals surface area (Å²) in [7, 11) is 0. The van der Waals surface area contributed by atoms with Crippen molar-refractivity contribution in [2.24, 2.45) is 0 Å². The minimum Gasteiger partial charge on any atom is -0.454 e. The summed E-state index contributed by atoms with van der Waals surface area (Å²) in [6, 6.07) is 13.2. The monoisotopic (exact) mass is 353 g/mol. The zero-order valence-electron chi connectivity index (χ0n) is 13.5. The van der Waals surface area contributed by atoms with E-state index in [0.29, 0.717) is 16.4 Å². The molecule has 0 radical (unpaired) electrons. The first-order valence-electron chi connectivity index (χ1n) is 7.81. The predicted molar refractivity (Wildman–Crippen MR) is 95.3 cm³/mol. The molecule has 25 heavy (non-hydrogen) atoms. The molecule has 1 fully saturated rings. The van der Waals surface area contributed by atoms with Crippen LogP contribution in [0, 0.1) is 6.92 Å². The Morgan fingerprint density at radius 2 is 1.84 bits per heavy atom. The van der Waals surface area contributed by atoms with Gasteiger partial charge >= 0.3 is 0 Å². The van der Waals surface area contributed by atoms with Crippen molar-refractivity contribution in [3.63, 3.8) is 0 Å². The quantitative estimate of drug-likeness (QED) is 0.782. The molecule has 6 heteroatoms. The van der Waals surface area contributed by atoms with Crippen molar-refractivity contribution in [2.45, 2.75) is 13.5 Å². The van der Waals surface area contributed by atoms with E-state index >= 15 is 0 Å². The second-order valence-corrected chi connectivity index (χ2v) is 6.86. The molecular weight excluding hydrogens is 338 g/mol. The number of fused-ring (bicyclic) bond motifs is 1. The summed E-state index contributed by atoms with van der Waals surface area (Å²) < 4.78 is 10.6. The highest BCUT2D eigenvalue weighted by molar-refractivity contribution is 8.18. The predicted octanol–water partition coefficient (Wildman–Crippen LogP) is 3.96. The zero-order valence-corrected chi connectivity index (χ0v) is 14.3. The van der Waals surface area contributed by atoms with E-state index in [1.165, 1.54) is 4.90 Å². The summed E-state index contributed by atoms with van der Waals surface area (Å²) in [6.07, 6.45) is 1.71. The van der Waals surface area contributed by atoms with Crippen LogP contribution in [0.4, 0.5) is 4.79 Å². The lowest BCUT2D eigenvalue weighted by Crippen LogP contribution is -2.27. The van der Waals surface area contributed by atoms with Crippen LogP contribution >= 0.6 is 11.8 Å². The molecule has 2 aliphatic rings. The largest absolute Gasteiger partial charge is 0.454 e. The van der Waals surface area contributed by atoms with E-state index in [0.717, 1.165) is 28.5 Å². The van der Waals surface area contributed by atoms with E-state index in [2.05, 4.69) is 0 Å². The molecule has 0 atom stereocenters. The lowest BCUT2D eigenvalue weighted by atomic mass is 10.1. The van der Waals surface area contributed by atoms with Crippen molar-refractivity contribution in [3.05, 3.63) is 64.1 Å². The normalized spacial score (nSPS) is 17.6. The van der Waals surface area contributed by atoms with Crippen LogP contribution in [0.5, 0.6) is 11.5 Å². The maximum atomic E-state index is 12.6. The summed E-state index contributed by atoms with van der Waals surface area (Å²) in [5.74, 6) is 1.06. The first-order valence-corrected chi connectivity index (χ1v) is 8.62. The van der Waals surface area contributed by atoms with Crippen molar-refractivity contribution < 1.29 is 19.1 Å². The molecule has 2 amide bonds. The van der Waals surface area contributed by atoms with E-state index in [1.807, 2.05) is 37.3 Å². The van der Waals surface area contributed by atoms with Crippen LogP contribution in [-0.4, -0.2) is 22.8 Å². The number of carbonyl (C=O) groups excluding carboxylic acids is 2. The smallest absolute Gasteiger partial charge is 0.293 e. The number of imide groups is 1. The fraction of sp³-hybridized carbons (Fsp3) is 0.158. The number of rotatable bonds is 3. The lowest BCUT2D eigenvalue weighted by Gasteiger charge is -2.12. The molecule has 2 aliphatic heterocycles. The standard InChI is InChI=1S/C19H15NO4S/c1-12-2-4-13(5-3-12)10-20-18(21)17(25-19(20)22)9-14-6-7-15-16(8-14)24-11-23-15/h2-9H,10-11H2,1H3/b17-9+. The van der Waals surface area contributed by atoms with Crippen LogP contribution < -0.4 is 9.47 Å². The number of nitrogens with zero attached hydrogens (tertiary/aromatic N) is 1. The molecule has 0 saturated carbocycles. The molecule has 4 rings (SSSR count). The highest BCUT2D eigenvalue weighted by Crippen LogP contribution is 2.36. The van der Waals surface area contributed by atoms with Gasteiger partial charge in [0.25, 0.3) is 11.1 Å². The average Bonchev–Trinajstić information content (AvgIpc) is 3.16. The number of hydrogen-bond acceptors (Lipinski definition) is 5. The van der Waals surface area contributed by atoms with Gasteiger partial charge in [-0.25, -0.2) is 0 Å². The fourth-order valence-electron chi connectivity index (χ4n) is 2.67. The van der Waals surface area contributed by atoms with E-state index < -0.39 is 0 Å². The first-order chi connectivity index (χ1) is 12.1. The summed E-state index contributed by atoms with van der Waals surface area (Å²) in [6.45, 7) is 2.48. The van der Waals surface area contributed by atoms with E-state index in [4.69, 9.17) is 9.47 Å². The minimum atomic E-state index is -0.270. The Hall–Kier alpha value is -2.73. The van der Waals surface area contributed by atoms with Gasteiger partial charge in [-0.1, -0.05) is 35.9 Å². The molecule has 2 aromatic rings. The minimum absolute atomic E-state index is 0.200. The second kappa shape index (κ2) is 6.29. The summed E-state index contributed by atoms with van der Waals surface area (Å²) in [5, 5.41) is -0.252. The Kier molecular flexibility index (Phi) is 3.97. The number of carbonyl (C=O) groups is 2. The van der Waals surface area contributed by atoms with Crippen LogP contribution in [0.3, 0.4) is 0 Å². The fourth-order valence-corrected chi connectivity index (χ4v) is 3.50. The third-order valence-electron chi connectivity index (χ3n) is 4.03. The molecule has 0 spiro atoms. The van der Waals surface area contributed by atoms with Crippen LogP contribution in [0.1, 0.15) is 16.7 Å². The van der Waals surface area contributed by atoms with Gasteiger partial charge in [0.1, 0.15) is 0 Å². The third kappa shape index (κ3) is 3.13.